The van der Waals surface area contributed by atoms with Crippen molar-refractivity contribution < 1.29 is 4.79 Å². The number of hydrogen-bond acceptors (Lipinski definition) is 3. The Morgan fingerprint density at radius 3 is 3.33 bits per heavy atom. The highest BCUT2D eigenvalue weighted by molar-refractivity contribution is 5.63. The summed E-state index contributed by atoms with van der Waals surface area (Å²) >= 11 is 0. The molecular weight excluding hydrogens is 152 g/mol. The molecule has 0 aliphatic heterocycles. The normalized spacial score (nSPS) is 21.5. The Bertz CT molecular complexity index is 298. The van der Waals surface area contributed by atoms with Crippen molar-refractivity contribution in [3.05, 3.63) is 23.8 Å². The standard InChI is InChI=1S/C9H10N2O/c12-5-7-2-1-3-9-8(7)4-10-6-11-9/h4-7H,1-3H2. The Kier molecular flexibility index (Phi) is 1.86. The first-order valence-electron chi connectivity index (χ1n) is 4.16. The summed E-state index contributed by atoms with van der Waals surface area (Å²) in [5.41, 5.74) is 2.08. The zero-order valence-electron chi connectivity index (χ0n) is 6.73. The van der Waals surface area contributed by atoms with Gasteiger partial charge in [-0.1, -0.05) is 0 Å². The maximum atomic E-state index is 10.7. The number of rotatable bonds is 1. The van der Waals surface area contributed by atoms with Gasteiger partial charge in [-0.05, 0) is 19.3 Å². The van der Waals surface area contributed by atoms with Crippen LogP contribution in [0.3, 0.4) is 0 Å². The van der Waals surface area contributed by atoms with Crippen molar-refractivity contribution in [1.29, 1.82) is 0 Å². The zero-order chi connectivity index (χ0) is 8.39. The summed E-state index contributed by atoms with van der Waals surface area (Å²) in [7, 11) is 0. The highest BCUT2D eigenvalue weighted by Crippen LogP contribution is 2.27. The Morgan fingerprint density at radius 2 is 2.50 bits per heavy atom. The van der Waals surface area contributed by atoms with Gasteiger partial charge in [0.05, 0.1) is 0 Å². The van der Waals surface area contributed by atoms with Crippen LogP contribution in [0.4, 0.5) is 0 Å². The van der Waals surface area contributed by atoms with E-state index >= 15 is 0 Å². The number of fused-ring (bicyclic) bond motifs is 1. The number of aryl methyl sites for hydroxylation is 1. The maximum Gasteiger partial charge on any atom is 0.127 e. The molecule has 0 N–H and O–H groups in total. The van der Waals surface area contributed by atoms with Gasteiger partial charge in [-0.3, -0.25) is 0 Å². The highest BCUT2D eigenvalue weighted by Gasteiger charge is 2.19. The minimum Gasteiger partial charge on any atom is -0.303 e. The largest absolute Gasteiger partial charge is 0.303 e. The fourth-order valence-corrected chi connectivity index (χ4v) is 1.67. The molecule has 0 bridgehead atoms. The van der Waals surface area contributed by atoms with Crippen LogP contribution in [-0.4, -0.2) is 16.3 Å². The van der Waals surface area contributed by atoms with E-state index in [1.54, 1.807) is 12.5 Å². The first-order chi connectivity index (χ1) is 5.92. The molecule has 0 saturated heterocycles. The van der Waals surface area contributed by atoms with Gasteiger partial charge < -0.3 is 4.79 Å². The molecule has 1 aromatic heterocycles. The van der Waals surface area contributed by atoms with E-state index in [-0.39, 0.29) is 5.92 Å². The molecule has 1 aliphatic carbocycles. The summed E-state index contributed by atoms with van der Waals surface area (Å²) in [6.45, 7) is 0. The first-order valence-corrected chi connectivity index (χ1v) is 4.16. The van der Waals surface area contributed by atoms with Crippen LogP contribution in [0.15, 0.2) is 12.5 Å². The molecule has 12 heavy (non-hydrogen) atoms. The Morgan fingerprint density at radius 1 is 1.58 bits per heavy atom. The molecule has 0 amide bonds. The molecule has 1 unspecified atom stereocenters. The van der Waals surface area contributed by atoms with Crippen molar-refractivity contribution in [3.8, 4) is 0 Å². The van der Waals surface area contributed by atoms with Crippen molar-refractivity contribution in [1.82, 2.24) is 9.97 Å². The molecule has 2 rings (SSSR count). The van der Waals surface area contributed by atoms with Gasteiger partial charge in [-0.2, -0.15) is 0 Å². The van der Waals surface area contributed by atoms with E-state index in [4.69, 9.17) is 0 Å². The average Bonchev–Trinajstić information content (AvgIpc) is 2.17. The second-order valence-electron chi connectivity index (χ2n) is 3.06. The predicted octanol–water partition coefficient (Wildman–Crippen LogP) is 1.10. The van der Waals surface area contributed by atoms with Gasteiger partial charge in [0.2, 0.25) is 0 Å². The molecule has 3 nitrogen and oxygen atoms in total. The van der Waals surface area contributed by atoms with Gasteiger partial charge >= 0.3 is 0 Å². The third-order valence-corrected chi connectivity index (χ3v) is 2.32. The van der Waals surface area contributed by atoms with Gasteiger partial charge in [0.25, 0.3) is 0 Å². The molecule has 1 aromatic rings. The van der Waals surface area contributed by atoms with Gasteiger partial charge in [-0.15, -0.1) is 0 Å². The summed E-state index contributed by atoms with van der Waals surface area (Å²) in [5.74, 6) is 0.0370. The van der Waals surface area contributed by atoms with Crippen molar-refractivity contribution in [2.45, 2.75) is 25.2 Å². The molecule has 1 atom stereocenters. The van der Waals surface area contributed by atoms with Crippen molar-refractivity contribution in [2.24, 2.45) is 0 Å². The van der Waals surface area contributed by atoms with Crippen LogP contribution in [0.1, 0.15) is 30.0 Å². The molecule has 0 fully saturated rings. The Labute approximate surface area is 70.9 Å². The van der Waals surface area contributed by atoms with E-state index in [0.717, 1.165) is 36.8 Å². The highest BCUT2D eigenvalue weighted by atomic mass is 16.1. The van der Waals surface area contributed by atoms with Crippen LogP contribution in [0.5, 0.6) is 0 Å². The lowest BCUT2D eigenvalue weighted by Crippen LogP contribution is -2.12. The van der Waals surface area contributed by atoms with Gasteiger partial charge in [0.1, 0.15) is 12.6 Å². The van der Waals surface area contributed by atoms with Crippen LogP contribution >= 0.6 is 0 Å². The molecule has 1 heterocycles. The topological polar surface area (TPSA) is 42.9 Å². The molecule has 62 valence electrons. The maximum absolute atomic E-state index is 10.7. The van der Waals surface area contributed by atoms with E-state index in [1.807, 2.05) is 0 Å². The zero-order valence-corrected chi connectivity index (χ0v) is 6.73. The number of carbonyl (C=O) groups excluding carboxylic acids is 1. The van der Waals surface area contributed by atoms with Crippen molar-refractivity contribution >= 4 is 6.29 Å². The smallest absolute Gasteiger partial charge is 0.127 e. The fraction of sp³-hybridized carbons (Fsp3) is 0.444. The van der Waals surface area contributed by atoms with E-state index in [0.29, 0.717) is 0 Å². The second-order valence-corrected chi connectivity index (χ2v) is 3.06. The molecule has 0 radical (unpaired) electrons. The lowest BCUT2D eigenvalue weighted by molar-refractivity contribution is -0.109. The third kappa shape index (κ3) is 1.11. The van der Waals surface area contributed by atoms with Crippen molar-refractivity contribution in [3.63, 3.8) is 0 Å². The summed E-state index contributed by atoms with van der Waals surface area (Å²) in [6, 6.07) is 0. The van der Waals surface area contributed by atoms with E-state index in [9.17, 15) is 4.79 Å². The van der Waals surface area contributed by atoms with E-state index in [1.165, 1.54) is 0 Å². The molecule has 0 saturated carbocycles. The first kappa shape index (κ1) is 7.40. The Hall–Kier alpha value is -1.25. The third-order valence-electron chi connectivity index (χ3n) is 2.32. The van der Waals surface area contributed by atoms with Gasteiger partial charge in [-0.25, -0.2) is 9.97 Å². The molecular formula is C9H10N2O. The summed E-state index contributed by atoms with van der Waals surface area (Å²) < 4.78 is 0. The van der Waals surface area contributed by atoms with Crippen LogP contribution in [-0.2, 0) is 11.2 Å². The van der Waals surface area contributed by atoms with Crippen molar-refractivity contribution in [2.75, 3.05) is 0 Å². The molecule has 3 heteroatoms. The molecule has 0 spiro atoms. The number of carbonyl (C=O) groups is 1. The number of aldehydes is 1. The average molecular weight is 162 g/mol. The van der Waals surface area contributed by atoms with E-state index < -0.39 is 0 Å². The summed E-state index contributed by atoms with van der Waals surface area (Å²) in [5, 5.41) is 0. The lowest BCUT2D eigenvalue weighted by Gasteiger charge is -2.18. The van der Waals surface area contributed by atoms with Crippen LogP contribution in [0.25, 0.3) is 0 Å². The van der Waals surface area contributed by atoms with Crippen LogP contribution in [0, 0.1) is 0 Å². The Balaban J connectivity index is 2.43. The number of nitrogens with zero attached hydrogens (tertiary/aromatic N) is 2. The SMILES string of the molecule is O=CC1CCCc2ncncc21. The minimum atomic E-state index is 0.0370. The van der Waals surface area contributed by atoms with Crippen LogP contribution in [0.2, 0.25) is 0 Å². The lowest BCUT2D eigenvalue weighted by atomic mass is 9.88. The van der Waals surface area contributed by atoms with Gasteiger partial charge in [0.15, 0.2) is 0 Å². The second kappa shape index (κ2) is 3.01. The van der Waals surface area contributed by atoms with E-state index in [2.05, 4.69) is 9.97 Å². The number of aromatic nitrogens is 2. The molecule has 1 aliphatic rings. The molecule has 0 aromatic carbocycles. The minimum absolute atomic E-state index is 0.0370. The number of hydrogen-bond donors (Lipinski definition) is 0. The monoisotopic (exact) mass is 162 g/mol. The van der Waals surface area contributed by atoms with Crippen LogP contribution < -0.4 is 0 Å². The quantitative estimate of drug-likeness (QED) is 0.580. The fourth-order valence-electron chi connectivity index (χ4n) is 1.67. The summed E-state index contributed by atoms with van der Waals surface area (Å²) in [4.78, 5) is 18.7. The predicted molar refractivity (Wildman–Crippen MR) is 43.8 cm³/mol. The van der Waals surface area contributed by atoms with Gasteiger partial charge in [0, 0.05) is 23.4 Å². The summed E-state index contributed by atoms with van der Waals surface area (Å²) in [6.07, 6.45) is 7.31.